The summed E-state index contributed by atoms with van der Waals surface area (Å²) in [5.41, 5.74) is 7.13. The molecule has 1 aliphatic rings. The van der Waals surface area contributed by atoms with E-state index in [1.807, 2.05) is 6.07 Å². The van der Waals surface area contributed by atoms with Gasteiger partial charge in [-0.1, -0.05) is 18.2 Å². The highest BCUT2D eigenvalue weighted by atomic mass is 32.1. The van der Waals surface area contributed by atoms with Crippen molar-refractivity contribution in [3.05, 3.63) is 60.4 Å². The van der Waals surface area contributed by atoms with Crippen LogP contribution in [0.15, 0.2) is 54.6 Å². The number of para-hydroxylation sites is 1. The van der Waals surface area contributed by atoms with Gasteiger partial charge < -0.3 is 10.2 Å². The molecular weight excluding hydrogens is 377 g/mol. The van der Waals surface area contributed by atoms with E-state index >= 15 is 0 Å². The molecule has 0 aromatic heterocycles. The van der Waals surface area contributed by atoms with Gasteiger partial charge >= 0.3 is 0 Å². The van der Waals surface area contributed by atoms with Crippen molar-refractivity contribution in [2.45, 2.75) is 6.42 Å². The quantitative estimate of drug-likeness (QED) is 0.528. The van der Waals surface area contributed by atoms with Crippen molar-refractivity contribution in [3.8, 4) is 0 Å². The second kappa shape index (κ2) is 10.0. The third-order valence-corrected chi connectivity index (χ3v) is 4.77. The molecule has 2 aromatic carbocycles. The summed E-state index contributed by atoms with van der Waals surface area (Å²) < 4.78 is 12.9. The first-order chi connectivity index (χ1) is 13.6. The van der Waals surface area contributed by atoms with Crippen molar-refractivity contribution in [1.29, 1.82) is 0 Å². The number of thiocarbonyl (C=S) groups is 1. The Labute approximate surface area is 169 Å². The summed E-state index contributed by atoms with van der Waals surface area (Å²) in [5, 5.41) is 3.12. The Morgan fingerprint density at radius 1 is 0.964 bits per heavy atom. The van der Waals surface area contributed by atoms with Crippen molar-refractivity contribution >= 4 is 34.6 Å². The molecule has 28 heavy (non-hydrogen) atoms. The topological polar surface area (TPSA) is 59.6 Å². The summed E-state index contributed by atoms with van der Waals surface area (Å²) in [7, 11) is 0. The Morgan fingerprint density at radius 3 is 2.32 bits per heavy atom. The predicted molar refractivity (Wildman–Crippen MR) is 114 cm³/mol. The van der Waals surface area contributed by atoms with Crippen LogP contribution < -0.4 is 21.1 Å². The van der Waals surface area contributed by atoms with Gasteiger partial charge in [0.1, 0.15) is 5.82 Å². The molecule has 0 spiro atoms. The van der Waals surface area contributed by atoms with E-state index in [1.54, 1.807) is 12.1 Å². The maximum atomic E-state index is 12.9. The number of piperazine rings is 1. The van der Waals surface area contributed by atoms with Crippen LogP contribution in [0.2, 0.25) is 0 Å². The van der Waals surface area contributed by atoms with Gasteiger partial charge in [0, 0.05) is 50.5 Å². The second-order valence-electron chi connectivity index (χ2n) is 6.55. The summed E-state index contributed by atoms with van der Waals surface area (Å²) in [5.74, 6) is -0.448. The van der Waals surface area contributed by atoms with Gasteiger partial charge in [-0.2, -0.15) is 0 Å². The Bertz CT molecular complexity index is 779. The molecule has 2 aromatic rings. The molecular formula is C20H24FN5OS. The summed E-state index contributed by atoms with van der Waals surface area (Å²) >= 11 is 5.11. The number of hydrogen-bond acceptors (Lipinski definition) is 4. The van der Waals surface area contributed by atoms with Crippen LogP contribution in [0.5, 0.6) is 0 Å². The monoisotopic (exact) mass is 401 g/mol. The molecule has 1 amide bonds. The first-order valence-corrected chi connectivity index (χ1v) is 9.65. The van der Waals surface area contributed by atoms with Crippen LogP contribution >= 0.6 is 12.2 Å². The number of anilines is 2. The molecule has 1 heterocycles. The minimum Gasteiger partial charge on any atom is -0.369 e. The van der Waals surface area contributed by atoms with Gasteiger partial charge in [-0.15, -0.1) is 0 Å². The zero-order valence-electron chi connectivity index (χ0n) is 15.5. The molecule has 0 saturated carbocycles. The van der Waals surface area contributed by atoms with Gasteiger partial charge in [-0.05, 0) is 48.6 Å². The Hall–Kier alpha value is -2.71. The number of nitrogens with one attached hydrogen (secondary N) is 3. The summed E-state index contributed by atoms with van der Waals surface area (Å²) in [6.07, 6.45) is 0.386. The normalized spacial score (nSPS) is 14.4. The highest BCUT2D eigenvalue weighted by Gasteiger charge is 2.17. The van der Waals surface area contributed by atoms with Crippen molar-refractivity contribution < 1.29 is 9.18 Å². The standard InChI is InChI=1S/C20H24FN5OS/c21-16-6-8-17(9-7-16)22-20(28)24-23-19(27)10-11-25-12-14-26(15-13-25)18-4-2-1-3-5-18/h1-9H,10-15H2,(H,23,27)(H2,22,24,28). The number of nitrogens with zero attached hydrogens (tertiary/aromatic N) is 2. The van der Waals surface area contributed by atoms with Gasteiger partial charge in [0.25, 0.3) is 0 Å². The molecule has 0 radical (unpaired) electrons. The third kappa shape index (κ3) is 6.17. The van der Waals surface area contributed by atoms with E-state index in [0.29, 0.717) is 18.7 Å². The largest absolute Gasteiger partial charge is 0.369 e. The van der Waals surface area contributed by atoms with Crippen LogP contribution in [0.4, 0.5) is 15.8 Å². The van der Waals surface area contributed by atoms with Gasteiger partial charge in [-0.3, -0.25) is 20.5 Å². The number of carbonyl (C=O) groups excluding carboxylic acids is 1. The minimum atomic E-state index is -0.317. The third-order valence-electron chi connectivity index (χ3n) is 4.57. The molecule has 1 fully saturated rings. The Balaban J connectivity index is 1.31. The molecule has 3 rings (SSSR count). The van der Waals surface area contributed by atoms with Crippen LogP contribution in [-0.2, 0) is 4.79 Å². The molecule has 0 bridgehead atoms. The molecule has 0 aliphatic carbocycles. The van der Waals surface area contributed by atoms with Crippen LogP contribution in [0.1, 0.15) is 6.42 Å². The van der Waals surface area contributed by atoms with Crippen LogP contribution in [0.25, 0.3) is 0 Å². The maximum absolute atomic E-state index is 12.9. The fraction of sp³-hybridized carbons (Fsp3) is 0.300. The number of rotatable bonds is 5. The number of carbonyl (C=O) groups is 1. The molecule has 6 nitrogen and oxygen atoms in total. The first kappa shape index (κ1) is 20.0. The lowest BCUT2D eigenvalue weighted by Gasteiger charge is -2.36. The maximum Gasteiger partial charge on any atom is 0.239 e. The molecule has 3 N–H and O–H groups in total. The fourth-order valence-electron chi connectivity index (χ4n) is 3.01. The van der Waals surface area contributed by atoms with Gasteiger partial charge in [0.2, 0.25) is 5.91 Å². The van der Waals surface area contributed by atoms with Crippen LogP contribution in [-0.4, -0.2) is 48.6 Å². The molecule has 1 saturated heterocycles. The van der Waals surface area contributed by atoms with E-state index in [1.165, 1.54) is 17.8 Å². The summed E-state index contributed by atoms with van der Waals surface area (Å²) in [4.78, 5) is 16.7. The average Bonchev–Trinajstić information content (AvgIpc) is 2.73. The van der Waals surface area contributed by atoms with Crippen LogP contribution in [0.3, 0.4) is 0 Å². The summed E-state index contributed by atoms with van der Waals surface area (Å²) in [6, 6.07) is 16.2. The summed E-state index contributed by atoms with van der Waals surface area (Å²) in [6.45, 7) is 4.47. The highest BCUT2D eigenvalue weighted by molar-refractivity contribution is 7.80. The lowest BCUT2D eigenvalue weighted by Crippen LogP contribution is -2.48. The molecule has 0 atom stereocenters. The molecule has 8 heteroatoms. The zero-order valence-corrected chi connectivity index (χ0v) is 16.3. The van der Waals surface area contributed by atoms with E-state index in [4.69, 9.17) is 12.2 Å². The van der Waals surface area contributed by atoms with Crippen molar-refractivity contribution in [2.75, 3.05) is 42.9 Å². The van der Waals surface area contributed by atoms with E-state index in [9.17, 15) is 9.18 Å². The van der Waals surface area contributed by atoms with Crippen molar-refractivity contribution in [2.24, 2.45) is 0 Å². The average molecular weight is 402 g/mol. The van der Waals surface area contributed by atoms with E-state index in [-0.39, 0.29) is 16.8 Å². The zero-order chi connectivity index (χ0) is 19.8. The second-order valence-corrected chi connectivity index (χ2v) is 6.96. The number of hydrogen-bond donors (Lipinski definition) is 3. The molecule has 0 unspecified atom stereocenters. The van der Waals surface area contributed by atoms with Crippen LogP contribution in [0, 0.1) is 5.82 Å². The van der Waals surface area contributed by atoms with E-state index in [2.05, 4.69) is 50.2 Å². The van der Waals surface area contributed by atoms with Gasteiger partial charge in [-0.25, -0.2) is 4.39 Å². The van der Waals surface area contributed by atoms with Gasteiger partial charge in [0.05, 0.1) is 0 Å². The fourth-order valence-corrected chi connectivity index (χ4v) is 3.18. The van der Waals surface area contributed by atoms with Crippen molar-refractivity contribution in [1.82, 2.24) is 15.8 Å². The molecule has 148 valence electrons. The number of hydrazine groups is 1. The lowest BCUT2D eigenvalue weighted by atomic mass is 10.2. The Morgan fingerprint density at radius 2 is 1.64 bits per heavy atom. The smallest absolute Gasteiger partial charge is 0.239 e. The number of amides is 1. The van der Waals surface area contributed by atoms with Crippen molar-refractivity contribution in [3.63, 3.8) is 0 Å². The highest BCUT2D eigenvalue weighted by Crippen LogP contribution is 2.15. The van der Waals surface area contributed by atoms with Gasteiger partial charge in [0.15, 0.2) is 5.11 Å². The predicted octanol–water partition coefficient (Wildman–Crippen LogP) is 2.36. The molecule has 1 aliphatic heterocycles. The number of halogens is 1. The SMILES string of the molecule is O=C(CCN1CCN(c2ccccc2)CC1)NNC(=S)Nc1ccc(F)cc1. The first-order valence-electron chi connectivity index (χ1n) is 9.24. The lowest BCUT2D eigenvalue weighted by molar-refractivity contribution is -0.122. The van der Waals surface area contributed by atoms with E-state index < -0.39 is 0 Å². The Kier molecular flexibility index (Phi) is 7.16. The van der Waals surface area contributed by atoms with E-state index in [0.717, 1.165) is 26.2 Å². The minimum absolute atomic E-state index is 0.131. The number of benzene rings is 2.